The van der Waals surface area contributed by atoms with E-state index in [0.717, 1.165) is 11.3 Å². The summed E-state index contributed by atoms with van der Waals surface area (Å²) in [6, 6.07) is 4.04. The van der Waals surface area contributed by atoms with E-state index in [1.165, 1.54) is 12.8 Å². The molecule has 3 heteroatoms. The zero-order chi connectivity index (χ0) is 9.42. The lowest BCUT2D eigenvalue weighted by molar-refractivity contribution is 0.631. The molecular formula is C10H13ClN2. The molecule has 70 valence electrons. The van der Waals surface area contributed by atoms with Gasteiger partial charge in [-0.15, -0.1) is 0 Å². The Kier molecular flexibility index (Phi) is 2.26. The van der Waals surface area contributed by atoms with Gasteiger partial charge >= 0.3 is 0 Å². The summed E-state index contributed by atoms with van der Waals surface area (Å²) < 4.78 is 0. The first-order valence-corrected chi connectivity index (χ1v) is 4.95. The van der Waals surface area contributed by atoms with Crippen molar-refractivity contribution in [3.63, 3.8) is 0 Å². The monoisotopic (exact) mass is 196 g/mol. The van der Waals surface area contributed by atoms with Crippen LogP contribution in [0.1, 0.15) is 30.1 Å². The average Bonchev–Trinajstić information content (AvgIpc) is 2.85. The molecule has 1 aliphatic rings. The number of rotatable bonds is 2. The van der Waals surface area contributed by atoms with Gasteiger partial charge in [0, 0.05) is 17.3 Å². The molecule has 2 nitrogen and oxygen atoms in total. The van der Waals surface area contributed by atoms with E-state index in [0.29, 0.717) is 11.1 Å². The van der Waals surface area contributed by atoms with Crippen LogP contribution >= 0.6 is 11.6 Å². The third-order valence-corrected chi connectivity index (χ3v) is 2.81. The molecule has 0 unspecified atom stereocenters. The third kappa shape index (κ3) is 1.84. The van der Waals surface area contributed by atoms with Gasteiger partial charge in [-0.25, -0.2) is 4.98 Å². The summed E-state index contributed by atoms with van der Waals surface area (Å²) in [5, 5.41) is 0.569. The number of nitrogens with zero attached hydrogens (tertiary/aromatic N) is 1. The molecule has 0 bridgehead atoms. The molecule has 1 aromatic heterocycles. The van der Waals surface area contributed by atoms with E-state index in [4.69, 9.17) is 17.3 Å². The second-order valence-electron chi connectivity index (χ2n) is 3.70. The highest BCUT2D eigenvalue weighted by Crippen LogP contribution is 2.40. The summed E-state index contributed by atoms with van der Waals surface area (Å²) in [6.45, 7) is 1.93. The quantitative estimate of drug-likeness (QED) is 0.739. The molecule has 0 radical (unpaired) electrons. The summed E-state index contributed by atoms with van der Waals surface area (Å²) in [7, 11) is 0. The van der Waals surface area contributed by atoms with Crippen LogP contribution in [0.4, 0.5) is 0 Å². The van der Waals surface area contributed by atoms with E-state index in [1.54, 1.807) is 0 Å². The molecule has 1 atom stereocenters. The van der Waals surface area contributed by atoms with E-state index in [2.05, 4.69) is 4.98 Å². The summed E-state index contributed by atoms with van der Waals surface area (Å²) in [6.07, 6.45) is 2.46. The SMILES string of the molecule is Cc1ccc([C@H](N)C2CC2)c(Cl)n1. The van der Waals surface area contributed by atoms with E-state index < -0.39 is 0 Å². The van der Waals surface area contributed by atoms with Gasteiger partial charge in [0.2, 0.25) is 0 Å². The van der Waals surface area contributed by atoms with Crippen molar-refractivity contribution in [3.8, 4) is 0 Å². The van der Waals surface area contributed by atoms with E-state index in [1.807, 2.05) is 19.1 Å². The van der Waals surface area contributed by atoms with Crippen LogP contribution in [-0.2, 0) is 0 Å². The molecule has 1 aliphatic carbocycles. The normalized spacial score (nSPS) is 18.7. The number of pyridine rings is 1. The molecule has 2 N–H and O–H groups in total. The molecule has 1 aromatic rings. The summed E-state index contributed by atoms with van der Waals surface area (Å²) >= 11 is 6.01. The minimum absolute atomic E-state index is 0.0839. The Hall–Kier alpha value is -0.600. The summed E-state index contributed by atoms with van der Waals surface area (Å²) in [5.74, 6) is 0.627. The standard InChI is InChI=1S/C10H13ClN2/c1-6-2-5-8(10(11)13-6)9(12)7-3-4-7/h2,5,7,9H,3-4,12H2,1H3/t9-/m1/s1. The minimum Gasteiger partial charge on any atom is -0.324 e. The Balaban J connectivity index is 2.28. The van der Waals surface area contributed by atoms with Gasteiger partial charge in [-0.1, -0.05) is 17.7 Å². The van der Waals surface area contributed by atoms with E-state index >= 15 is 0 Å². The molecule has 0 saturated heterocycles. The van der Waals surface area contributed by atoms with E-state index in [9.17, 15) is 0 Å². The van der Waals surface area contributed by atoms with Crippen LogP contribution in [0.5, 0.6) is 0 Å². The zero-order valence-electron chi connectivity index (χ0n) is 7.63. The number of halogens is 1. The van der Waals surface area contributed by atoms with Crippen LogP contribution in [0, 0.1) is 12.8 Å². The van der Waals surface area contributed by atoms with Crippen molar-refractivity contribution in [1.29, 1.82) is 0 Å². The first-order valence-electron chi connectivity index (χ1n) is 4.57. The van der Waals surface area contributed by atoms with Crippen LogP contribution in [0.2, 0.25) is 5.15 Å². The van der Waals surface area contributed by atoms with Crippen molar-refractivity contribution in [2.24, 2.45) is 11.7 Å². The Morgan fingerprint density at radius 2 is 2.23 bits per heavy atom. The minimum atomic E-state index is 0.0839. The van der Waals surface area contributed by atoms with Crippen molar-refractivity contribution < 1.29 is 0 Å². The molecule has 0 aromatic carbocycles. The van der Waals surface area contributed by atoms with Gasteiger partial charge in [-0.3, -0.25) is 0 Å². The first kappa shape index (κ1) is 8.97. The van der Waals surface area contributed by atoms with Crippen LogP contribution in [-0.4, -0.2) is 4.98 Å². The van der Waals surface area contributed by atoms with Gasteiger partial charge < -0.3 is 5.73 Å². The maximum Gasteiger partial charge on any atom is 0.134 e. The first-order chi connectivity index (χ1) is 6.18. The number of hydrogen-bond acceptors (Lipinski definition) is 2. The van der Waals surface area contributed by atoms with Crippen LogP contribution in [0.15, 0.2) is 12.1 Å². The number of aromatic nitrogens is 1. The predicted octanol–water partition coefficient (Wildman–Crippen LogP) is 2.45. The Labute approximate surface area is 83.1 Å². The van der Waals surface area contributed by atoms with Crippen LogP contribution < -0.4 is 5.73 Å². The highest BCUT2D eigenvalue weighted by atomic mass is 35.5. The molecule has 1 fully saturated rings. The van der Waals surface area contributed by atoms with Gasteiger partial charge in [0.25, 0.3) is 0 Å². The molecule has 1 saturated carbocycles. The van der Waals surface area contributed by atoms with Gasteiger partial charge in [0.15, 0.2) is 0 Å². The molecule has 1 heterocycles. The lowest BCUT2D eigenvalue weighted by Crippen LogP contribution is -2.13. The fraction of sp³-hybridized carbons (Fsp3) is 0.500. The highest BCUT2D eigenvalue weighted by molar-refractivity contribution is 6.30. The smallest absolute Gasteiger partial charge is 0.134 e. The largest absolute Gasteiger partial charge is 0.324 e. The number of nitrogens with two attached hydrogens (primary N) is 1. The fourth-order valence-electron chi connectivity index (χ4n) is 1.49. The Morgan fingerprint density at radius 1 is 1.54 bits per heavy atom. The highest BCUT2D eigenvalue weighted by Gasteiger charge is 2.30. The number of aryl methyl sites for hydroxylation is 1. The molecule has 2 rings (SSSR count). The topological polar surface area (TPSA) is 38.9 Å². The van der Waals surface area contributed by atoms with Crippen LogP contribution in [0.3, 0.4) is 0 Å². The van der Waals surface area contributed by atoms with Gasteiger partial charge in [-0.05, 0) is 31.7 Å². The van der Waals surface area contributed by atoms with Crippen molar-refractivity contribution in [2.45, 2.75) is 25.8 Å². The maximum atomic E-state index is 6.03. The van der Waals surface area contributed by atoms with Crippen molar-refractivity contribution in [3.05, 3.63) is 28.5 Å². The zero-order valence-corrected chi connectivity index (χ0v) is 8.38. The molecule has 0 spiro atoms. The van der Waals surface area contributed by atoms with Gasteiger partial charge in [-0.2, -0.15) is 0 Å². The fourth-order valence-corrected chi connectivity index (χ4v) is 1.82. The van der Waals surface area contributed by atoms with Crippen molar-refractivity contribution in [1.82, 2.24) is 4.98 Å². The van der Waals surface area contributed by atoms with Crippen molar-refractivity contribution in [2.75, 3.05) is 0 Å². The molecular weight excluding hydrogens is 184 g/mol. The second-order valence-corrected chi connectivity index (χ2v) is 4.05. The second kappa shape index (κ2) is 3.28. The van der Waals surface area contributed by atoms with Crippen molar-refractivity contribution >= 4 is 11.6 Å². The van der Waals surface area contributed by atoms with Gasteiger partial charge in [0.05, 0.1) is 0 Å². The molecule has 0 amide bonds. The Bertz CT molecular complexity index is 321. The average molecular weight is 197 g/mol. The predicted molar refractivity (Wildman–Crippen MR) is 53.6 cm³/mol. The maximum absolute atomic E-state index is 6.03. The summed E-state index contributed by atoms with van der Waals surface area (Å²) in [4.78, 5) is 4.19. The third-order valence-electron chi connectivity index (χ3n) is 2.51. The summed E-state index contributed by atoms with van der Waals surface area (Å²) in [5.41, 5.74) is 7.96. The number of hydrogen-bond donors (Lipinski definition) is 1. The van der Waals surface area contributed by atoms with Crippen LogP contribution in [0.25, 0.3) is 0 Å². The lowest BCUT2D eigenvalue weighted by atomic mass is 10.1. The Morgan fingerprint density at radius 3 is 2.77 bits per heavy atom. The molecule has 13 heavy (non-hydrogen) atoms. The van der Waals surface area contributed by atoms with Gasteiger partial charge in [0.1, 0.15) is 5.15 Å². The lowest BCUT2D eigenvalue weighted by Gasteiger charge is -2.11. The molecule has 0 aliphatic heterocycles. The van der Waals surface area contributed by atoms with E-state index in [-0.39, 0.29) is 6.04 Å².